The van der Waals surface area contributed by atoms with Gasteiger partial charge in [-0.15, -0.1) is 0 Å². The summed E-state index contributed by atoms with van der Waals surface area (Å²) in [6.45, 7) is 6.55. The first-order chi connectivity index (χ1) is 12.0. The number of hydrogen-bond acceptors (Lipinski definition) is 1. The topological polar surface area (TPSA) is 34.0 Å². The maximum Gasteiger partial charge on any atom is 0.272 e. The van der Waals surface area contributed by atoms with Crippen LogP contribution in [0.3, 0.4) is 0 Å². The third-order valence-electron chi connectivity index (χ3n) is 4.50. The largest absolute Gasteiger partial charge is 0.337 e. The Morgan fingerprint density at radius 2 is 1.88 bits per heavy atom. The predicted octanol–water partition coefficient (Wildman–Crippen LogP) is 5.06. The van der Waals surface area contributed by atoms with Crippen molar-refractivity contribution in [3.63, 3.8) is 0 Å². The van der Waals surface area contributed by atoms with Gasteiger partial charge < -0.3 is 9.88 Å². The van der Waals surface area contributed by atoms with Gasteiger partial charge in [0.1, 0.15) is 17.3 Å². The van der Waals surface area contributed by atoms with Gasteiger partial charge in [-0.25, -0.2) is 8.78 Å². The lowest BCUT2D eigenvalue weighted by molar-refractivity contribution is 0.101. The monoisotopic (exact) mass is 342 g/mol. The minimum atomic E-state index is -0.793. The van der Waals surface area contributed by atoms with Crippen LogP contribution in [0.5, 0.6) is 0 Å². The zero-order valence-corrected chi connectivity index (χ0v) is 14.5. The number of halogens is 2. The lowest BCUT2D eigenvalue weighted by Gasteiger charge is -2.10. The van der Waals surface area contributed by atoms with E-state index in [1.165, 1.54) is 11.6 Å². The van der Waals surface area contributed by atoms with Crippen LogP contribution in [-0.4, -0.2) is 10.5 Å². The lowest BCUT2D eigenvalue weighted by Crippen LogP contribution is -2.18. The molecule has 0 fully saturated rings. The zero-order valence-electron chi connectivity index (χ0n) is 14.5. The van der Waals surface area contributed by atoms with Gasteiger partial charge in [-0.3, -0.25) is 4.79 Å². The Bertz CT molecular complexity index is 960. The summed E-state index contributed by atoms with van der Waals surface area (Å²) >= 11 is 0. The average molecular weight is 342 g/mol. The fraction of sp³-hybridized carbons (Fsp3) is 0.250. The summed E-state index contributed by atoms with van der Waals surface area (Å²) in [6.07, 6.45) is 0.912. The molecule has 1 aromatic heterocycles. The highest BCUT2D eigenvalue weighted by Crippen LogP contribution is 2.28. The normalized spacial score (nSPS) is 11.1. The molecule has 25 heavy (non-hydrogen) atoms. The second-order valence-electron chi connectivity index (χ2n) is 6.00. The SMILES string of the molecule is CCc1ccc2c(c1)c(C)c(C(=O)Nc1ccc(F)cc1F)n2CC. The first kappa shape index (κ1) is 17.1. The molecule has 0 aliphatic carbocycles. The van der Waals surface area contributed by atoms with Gasteiger partial charge in [-0.2, -0.15) is 0 Å². The number of benzene rings is 2. The van der Waals surface area contributed by atoms with E-state index in [2.05, 4.69) is 24.4 Å². The number of nitrogens with one attached hydrogen (secondary N) is 1. The number of aromatic nitrogens is 1. The third-order valence-corrected chi connectivity index (χ3v) is 4.50. The van der Waals surface area contributed by atoms with Crippen molar-refractivity contribution in [3.05, 3.63) is 64.9 Å². The molecule has 0 aliphatic heterocycles. The van der Waals surface area contributed by atoms with E-state index in [0.29, 0.717) is 12.2 Å². The zero-order chi connectivity index (χ0) is 18.1. The first-order valence-corrected chi connectivity index (χ1v) is 8.34. The third kappa shape index (κ3) is 3.02. The Morgan fingerprint density at radius 3 is 2.52 bits per heavy atom. The molecular weight excluding hydrogens is 322 g/mol. The van der Waals surface area contributed by atoms with E-state index in [-0.39, 0.29) is 5.69 Å². The molecule has 5 heteroatoms. The van der Waals surface area contributed by atoms with E-state index < -0.39 is 17.5 Å². The van der Waals surface area contributed by atoms with Crippen LogP contribution in [0.25, 0.3) is 10.9 Å². The van der Waals surface area contributed by atoms with Gasteiger partial charge in [0.05, 0.1) is 5.69 Å². The Kier molecular flexibility index (Phi) is 4.57. The maximum absolute atomic E-state index is 13.9. The summed E-state index contributed by atoms with van der Waals surface area (Å²) in [7, 11) is 0. The molecule has 1 heterocycles. The van der Waals surface area contributed by atoms with Crippen molar-refractivity contribution in [2.45, 2.75) is 33.7 Å². The fourth-order valence-electron chi connectivity index (χ4n) is 3.18. The number of carbonyl (C=O) groups excluding carboxylic acids is 1. The van der Waals surface area contributed by atoms with Gasteiger partial charge in [0.2, 0.25) is 0 Å². The Labute approximate surface area is 145 Å². The number of aryl methyl sites for hydroxylation is 3. The molecule has 1 N–H and O–H groups in total. The molecule has 0 saturated carbocycles. The summed E-state index contributed by atoms with van der Waals surface area (Å²) in [4.78, 5) is 12.8. The van der Waals surface area contributed by atoms with Gasteiger partial charge >= 0.3 is 0 Å². The van der Waals surface area contributed by atoms with Crippen LogP contribution in [-0.2, 0) is 13.0 Å². The van der Waals surface area contributed by atoms with Crippen molar-refractivity contribution >= 4 is 22.5 Å². The van der Waals surface area contributed by atoms with Crippen LogP contribution in [0.4, 0.5) is 14.5 Å². The Balaban J connectivity index is 2.07. The van der Waals surface area contributed by atoms with Gasteiger partial charge in [-0.1, -0.05) is 13.0 Å². The predicted molar refractivity (Wildman–Crippen MR) is 96.0 cm³/mol. The highest BCUT2D eigenvalue weighted by atomic mass is 19.1. The molecule has 0 unspecified atom stereocenters. The number of fused-ring (bicyclic) bond motifs is 1. The number of hydrogen-bond donors (Lipinski definition) is 1. The van der Waals surface area contributed by atoms with Crippen molar-refractivity contribution < 1.29 is 13.6 Å². The Morgan fingerprint density at radius 1 is 1.12 bits per heavy atom. The van der Waals surface area contributed by atoms with E-state index in [1.54, 1.807) is 0 Å². The van der Waals surface area contributed by atoms with Crippen LogP contribution in [0.2, 0.25) is 0 Å². The molecule has 0 radical (unpaired) electrons. The molecule has 0 bridgehead atoms. The molecule has 130 valence electrons. The second-order valence-corrected chi connectivity index (χ2v) is 6.00. The minimum absolute atomic E-state index is 0.0343. The van der Waals surface area contributed by atoms with E-state index >= 15 is 0 Å². The average Bonchev–Trinajstić information content (AvgIpc) is 2.88. The number of carbonyl (C=O) groups is 1. The van der Waals surface area contributed by atoms with Gasteiger partial charge in [0, 0.05) is 23.5 Å². The fourth-order valence-corrected chi connectivity index (χ4v) is 3.18. The van der Waals surface area contributed by atoms with Crippen molar-refractivity contribution in [1.29, 1.82) is 0 Å². The van der Waals surface area contributed by atoms with Gasteiger partial charge in [0.25, 0.3) is 5.91 Å². The highest BCUT2D eigenvalue weighted by Gasteiger charge is 2.20. The maximum atomic E-state index is 13.9. The molecule has 0 atom stereocenters. The van der Waals surface area contributed by atoms with Gasteiger partial charge in [0.15, 0.2) is 0 Å². The summed E-state index contributed by atoms with van der Waals surface area (Å²) in [6, 6.07) is 9.26. The molecular formula is C20H20F2N2O. The molecule has 1 amide bonds. The number of anilines is 1. The highest BCUT2D eigenvalue weighted by molar-refractivity contribution is 6.08. The first-order valence-electron chi connectivity index (χ1n) is 8.34. The standard InChI is InChI=1S/C20H20F2N2O/c1-4-13-6-9-18-15(10-13)12(3)19(24(18)5-2)20(25)23-17-8-7-14(21)11-16(17)22/h6-11H,4-5H2,1-3H3,(H,23,25). The molecule has 0 aliphatic rings. The summed E-state index contributed by atoms with van der Waals surface area (Å²) in [5.41, 5.74) is 3.48. The van der Waals surface area contributed by atoms with Crippen LogP contribution in [0.1, 0.15) is 35.5 Å². The molecule has 0 spiro atoms. The molecule has 3 aromatic rings. The van der Waals surface area contributed by atoms with Crippen molar-refractivity contribution in [1.82, 2.24) is 4.57 Å². The van der Waals surface area contributed by atoms with E-state index in [4.69, 9.17) is 0 Å². The summed E-state index contributed by atoms with van der Waals surface area (Å²) < 4.78 is 28.8. The van der Waals surface area contributed by atoms with Crippen LogP contribution in [0.15, 0.2) is 36.4 Å². The van der Waals surface area contributed by atoms with Crippen LogP contribution in [0, 0.1) is 18.6 Å². The van der Waals surface area contributed by atoms with Crippen molar-refractivity contribution in [2.75, 3.05) is 5.32 Å². The van der Waals surface area contributed by atoms with Crippen molar-refractivity contribution in [3.8, 4) is 0 Å². The van der Waals surface area contributed by atoms with Crippen LogP contribution >= 0.6 is 0 Å². The molecule has 3 nitrogen and oxygen atoms in total. The molecule has 2 aromatic carbocycles. The van der Waals surface area contributed by atoms with Crippen molar-refractivity contribution in [2.24, 2.45) is 0 Å². The minimum Gasteiger partial charge on any atom is -0.337 e. The second kappa shape index (κ2) is 6.67. The molecule has 3 rings (SSSR count). The quantitative estimate of drug-likeness (QED) is 0.706. The molecule has 0 saturated heterocycles. The van der Waals surface area contributed by atoms with Crippen LogP contribution < -0.4 is 5.32 Å². The lowest BCUT2D eigenvalue weighted by atomic mass is 10.1. The number of rotatable bonds is 4. The van der Waals surface area contributed by atoms with Gasteiger partial charge in [-0.05, 0) is 55.7 Å². The Hall–Kier alpha value is -2.69. The number of nitrogens with zero attached hydrogens (tertiary/aromatic N) is 1. The smallest absolute Gasteiger partial charge is 0.272 e. The summed E-state index contributed by atoms with van der Waals surface area (Å²) in [5, 5.41) is 3.58. The van der Waals surface area contributed by atoms with E-state index in [1.807, 2.05) is 24.5 Å². The van der Waals surface area contributed by atoms with E-state index in [9.17, 15) is 13.6 Å². The van der Waals surface area contributed by atoms with E-state index in [0.717, 1.165) is 35.0 Å². The number of amides is 1. The summed E-state index contributed by atoms with van der Waals surface area (Å²) in [5.74, 6) is -1.88.